The maximum atomic E-state index is 11.7. The molecule has 0 aliphatic carbocycles. The molecule has 0 aliphatic rings. The molecule has 4 heteroatoms. The zero-order chi connectivity index (χ0) is 14.3. The molecular formula is C15H24N2O2. The second-order valence-corrected chi connectivity index (χ2v) is 4.95. The van der Waals surface area contributed by atoms with Gasteiger partial charge < -0.3 is 15.8 Å². The molecule has 106 valence electrons. The van der Waals surface area contributed by atoms with Crippen molar-refractivity contribution in [2.75, 3.05) is 6.61 Å². The Labute approximate surface area is 115 Å². The van der Waals surface area contributed by atoms with Gasteiger partial charge in [0.1, 0.15) is 5.75 Å². The van der Waals surface area contributed by atoms with Gasteiger partial charge >= 0.3 is 0 Å². The van der Waals surface area contributed by atoms with Gasteiger partial charge in [0.2, 0.25) is 0 Å². The Hall–Kier alpha value is -1.55. The third kappa shape index (κ3) is 5.75. The van der Waals surface area contributed by atoms with Crippen LogP contribution in [-0.2, 0) is 11.2 Å². The summed E-state index contributed by atoms with van der Waals surface area (Å²) in [7, 11) is 0. The topological polar surface area (TPSA) is 64.3 Å². The molecule has 2 atom stereocenters. The minimum absolute atomic E-state index is 0.0420. The summed E-state index contributed by atoms with van der Waals surface area (Å²) in [6, 6.07) is 7.93. The van der Waals surface area contributed by atoms with Crippen LogP contribution in [-0.4, -0.2) is 24.6 Å². The minimum Gasteiger partial charge on any atom is -0.483 e. The zero-order valence-corrected chi connectivity index (χ0v) is 12.0. The molecule has 4 nitrogen and oxygen atoms in total. The molecule has 2 unspecified atom stereocenters. The molecule has 0 saturated heterocycles. The van der Waals surface area contributed by atoms with Crippen LogP contribution in [0, 0.1) is 0 Å². The Morgan fingerprint density at radius 1 is 1.37 bits per heavy atom. The van der Waals surface area contributed by atoms with E-state index in [1.54, 1.807) is 0 Å². The van der Waals surface area contributed by atoms with Crippen LogP contribution in [0.3, 0.4) is 0 Å². The Morgan fingerprint density at radius 2 is 2.05 bits per heavy atom. The van der Waals surface area contributed by atoms with Crippen molar-refractivity contribution < 1.29 is 9.53 Å². The Kier molecular flexibility index (Phi) is 6.36. The predicted octanol–water partition coefficient (Wildman–Crippen LogP) is 1.87. The standard InChI is InChI=1S/C15H24N2O2/c1-4-12(3)17-15(18)10-19-14-8-6-5-7-13(14)9-11(2)16/h5-8,11-12H,4,9-10,16H2,1-3H3,(H,17,18). The van der Waals surface area contributed by atoms with E-state index in [4.69, 9.17) is 10.5 Å². The fourth-order valence-corrected chi connectivity index (χ4v) is 1.72. The highest BCUT2D eigenvalue weighted by Gasteiger charge is 2.09. The fraction of sp³-hybridized carbons (Fsp3) is 0.533. The highest BCUT2D eigenvalue weighted by atomic mass is 16.5. The van der Waals surface area contributed by atoms with E-state index in [1.807, 2.05) is 45.0 Å². The van der Waals surface area contributed by atoms with Crippen LogP contribution < -0.4 is 15.8 Å². The van der Waals surface area contributed by atoms with E-state index >= 15 is 0 Å². The molecule has 0 aliphatic heterocycles. The van der Waals surface area contributed by atoms with E-state index < -0.39 is 0 Å². The minimum atomic E-state index is -0.0926. The second kappa shape index (κ2) is 7.79. The molecule has 0 fully saturated rings. The number of nitrogens with one attached hydrogen (secondary N) is 1. The summed E-state index contributed by atoms with van der Waals surface area (Å²) in [5.41, 5.74) is 6.83. The average Bonchev–Trinajstić information content (AvgIpc) is 2.37. The molecular weight excluding hydrogens is 240 g/mol. The first-order valence-electron chi connectivity index (χ1n) is 6.78. The Balaban J connectivity index is 2.55. The molecule has 1 aromatic carbocycles. The lowest BCUT2D eigenvalue weighted by Gasteiger charge is -2.14. The van der Waals surface area contributed by atoms with Gasteiger partial charge in [-0.15, -0.1) is 0 Å². The predicted molar refractivity (Wildman–Crippen MR) is 77.2 cm³/mol. The van der Waals surface area contributed by atoms with Crippen LogP contribution in [0.5, 0.6) is 5.75 Å². The van der Waals surface area contributed by atoms with E-state index in [0.717, 1.165) is 24.2 Å². The van der Waals surface area contributed by atoms with Gasteiger partial charge in [-0.1, -0.05) is 25.1 Å². The maximum absolute atomic E-state index is 11.7. The number of carbonyl (C=O) groups excluding carboxylic acids is 1. The molecule has 0 radical (unpaired) electrons. The Bertz CT molecular complexity index is 405. The molecule has 0 saturated carbocycles. The number of nitrogens with two attached hydrogens (primary N) is 1. The number of ether oxygens (including phenoxy) is 1. The summed E-state index contributed by atoms with van der Waals surface area (Å²) in [5.74, 6) is 0.643. The zero-order valence-electron chi connectivity index (χ0n) is 12.0. The highest BCUT2D eigenvalue weighted by molar-refractivity contribution is 5.77. The first-order valence-corrected chi connectivity index (χ1v) is 6.78. The van der Waals surface area contributed by atoms with Crippen LogP contribution in [0.2, 0.25) is 0 Å². The van der Waals surface area contributed by atoms with Gasteiger partial charge in [-0.25, -0.2) is 0 Å². The van der Waals surface area contributed by atoms with Crippen LogP contribution in [0.25, 0.3) is 0 Å². The molecule has 1 aromatic rings. The molecule has 19 heavy (non-hydrogen) atoms. The van der Waals surface area contributed by atoms with Gasteiger partial charge in [0.25, 0.3) is 5.91 Å². The van der Waals surface area contributed by atoms with Crippen molar-refractivity contribution in [3.63, 3.8) is 0 Å². The molecule has 0 aromatic heterocycles. The molecule has 1 amide bonds. The number of para-hydroxylation sites is 1. The molecule has 3 N–H and O–H groups in total. The molecule has 0 spiro atoms. The van der Waals surface area contributed by atoms with Crippen molar-refractivity contribution in [3.05, 3.63) is 29.8 Å². The molecule has 0 bridgehead atoms. The number of amides is 1. The summed E-state index contributed by atoms with van der Waals surface area (Å²) in [4.78, 5) is 11.7. The van der Waals surface area contributed by atoms with Crippen molar-refractivity contribution in [2.24, 2.45) is 5.73 Å². The van der Waals surface area contributed by atoms with Crippen molar-refractivity contribution in [2.45, 2.75) is 45.7 Å². The lowest BCUT2D eigenvalue weighted by molar-refractivity contribution is -0.123. The first kappa shape index (κ1) is 15.5. The smallest absolute Gasteiger partial charge is 0.258 e. The monoisotopic (exact) mass is 264 g/mol. The summed E-state index contributed by atoms with van der Waals surface area (Å²) in [5, 5.41) is 2.87. The van der Waals surface area contributed by atoms with Crippen molar-refractivity contribution in [1.82, 2.24) is 5.32 Å². The summed E-state index contributed by atoms with van der Waals surface area (Å²) < 4.78 is 5.58. The number of hydrogen-bond donors (Lipinski definition) is 2. The highest BCUT2D eigenvalue weighted by Crippen LogP contribution is 2.19. The van der Waals surface area contributed by atoms with E-state index in [-0.39, 0.29) is 24.6 Å². The molecule has 0 heterocycles. The van der Waals surface area contributed by atoms with Gasteiger partial charge in [0.05, 0.1) is 0 Å². The molecule has 1 rings (SSSR count). The normalized spacial score (nSPS) is 13.7. The van der Waals surface area contributed by atoms with Crippen LogP contribution in [0.4, 0.5) is 0 Å². The van der Waals surface area contributed by atoms with E-state index in [9.17, 15) is 4.79 Å². The summed E-state index contributed by atoms with van der Waals surface area (Å²) in [6.45, 7) is 6.00. The lowest BCUT2D eigenvalue weighted by atomic mass is 10.1. The fourth-order valence-electron chi connectivity index (χ4n) is 1.72. The number of rotatable bonds is 7. The van der Waals surface area contributed by atoms with Crippen molar-refractivity contribution in [1.29, 1.82) is 0 Å². The van der Waals surface area contributed by atoms with Gasteiger partial charge in [0, 0.05) is 12.1 Å². The van der Waals surface area contributed by atoms with Gasteiger partial charge in [-0.05, 0) is 38.3 Å². The first-order chi connectivity index (χ1) is 9.02. The van der Waals surface area contributed by atoms with E-state index in [2.05, 4.69) is 5.32 Å². The number of hydrogen-bond acceptors (Lipinski definition) is 3. The quantitative estimate of drug-likeness (QED) is 0.790. The van der Waals surface area contributed by atoms with Crippen molar-refractivity contribution >= 4 is 5.91 Å². The summed E-state index contributed by atoms with van der Waals surface area (Å²) in [6.07, 6.45) is 1.65. The van der Waals surface area contributed by atoms with Crippen LogP contribution in [0.1, 0.15) is 32.8 Å². The lowest BCUT2D eigenvalue weighted by Crippen LogP contribution is -2.35. The Morgan fingerprint density at radius 3 is 2.68 bits per heavy atom. The SMILES string of the molecule is CCC(C)NC(=O)COc1ccccc1CC(C)N. The van der Waals surface area contributed by atoms with E-state index in [0.29, 0.717) is 0 Å². The van der Waals surface area contributed by atoms with E-state index in [1.165, 1.54) is 0 Å². The number of benzene rings is 1. The largest absolute Gasteiger partial charge is 0.483 e. The number of carbonyl (C=O) groups is 1. The maximum Gasteiger partial charge on any atom is 0.258 e. The summed E-state index contributed by atoms with van der Waals surface area (Å²) >= 11 is 0. The van der Waals surface area contributed by atoms with Crippen LogP contribution in [0.15, 0.2) is 24.3 Å². The van der Waals surface area contributed by atoms with Crippen molar-refractivity contribution in [3.8, 4) is 5.75 Å². The van der Waals surface area contributed by atoms with Gasteiger partial charge in [-0.2, -0.15) is 0 Å². The average molecular weight is 264 g/mol. The second-order valence-electron chi connectivity index (χ2n) is 4.95. The van der Waals surface area contributed by atoms with Gasteiger partial charge in [0.15, 0.2) is 6.61 Å². The third-order valence-electron chi connectivity index (χ3n) is 2.89. The van der Waals surface area contributed by atoms with Gasteiger partial charge in [-0.3, -0.25) is 4.79 Å². The van der Waals surface area contributed by atoms with Crippen LogP contribution >= 0.6 is 0 Å². The third-order valence-corrected chi connectivity index (χ3v) is 2.89.